The molecule has 0 unspecified atom stereocenters. The van der Waals surface area contributed by atoms with Gasteiger partial charge >= 0.3 is 0 Å². The average Bonchev–Trinajstić information content (AvgIpc) is 2.35. The Hall–Kier alpha value is -1.42. The number of aryl methyl sites for hydroxylation is 1. The molecule has 2 rings (SSSR count). The summed E-state index contributed by atoms with van der Waals surface area (Å²) < 4.78 is 0. The summed E-state index contributed by atoms with van der Waals surface area (Å²) >= 11 is 0. The molecule has 0 bridgehead atoms. The first-order valence-corrected chi connectivity index (χ1v) is 6.62. The molecule has 1 aromatic heterocycles. The van der Waals surface area contributed by atoms with Gasteiger partial charge in [-0.2, -0.15) is 0 Å². The fraction of sp³-hybridized carbons (Fsp3) is 0.571. The van der Waals surface area contributed by atoms with E-state index >= 15 is 0 Å². The topological polar surface area (TPSA) is 68.0 Å². The van der Waals surface area contributed by atoms with Crippen LogP contribution in [0.4, 0.5) is 0 Å². The number of nitrogens with one attached hydrogen (secondary N) is 1. The number of rotatable bonds is 3. The van der Waals surface area contributed by atoms with Gasteiger partial charge in [-0.05, 0) is 31.4 Å². The maximum atomic E-state index is 12.0. The molecule has 1 amide bonds. The third-order valence-corrected chi connectivity index (χ3v) is 3.61. The van der Waals surface area contributed by atoms with E-state index in [0.717, 1.165) is 30.5 Å². The number of hydrogen-bond acceptors (Lipinski definition) is 3. The molecule has 1 heterocycles. The summed E-state index contributed by atoms with van der Waals surface area (Å²) in [5.74, 6) is 0.0270. The Morgan fingerprint density at radius 1 is 1.50 bits per heavy atom. The largest absolute Gasteiger partial charge is 0.351 e. The van der Waals surface area contributed by atoms with Crippen LogP contribution in [0.25, 0.3) is 0 Å². The molecule has 0 radical (unpaired) electrons. The smallest absolute Gasteiger partial charge is 0.226 e. The molecule has 2 atom stereocenters. The van der Waals surface area contributed by atoms with Crippen molar-refractivity contribution in [3.8, 4) is 0 Å². The van der Waals surface area contributed by atoms with Gasteiger partial charge in [0.05, 0.1) is 12.1 Å². The number of amides is 1. The van der Waals surface area contributed by atoms with Gasteiger partial charge < -0.3 is 11.1 Å². The van der Waals surface area contributed by atoms with Crippen LogP contribution in [-0.2, 0) is 11.2 Å². The second-order valence-corrected chi connectivity index (χ2v) is 5.07. The Bertz CT molecular complexity index is 419. The average molecular weight is 247 g/mol. The van der Waals surface area contributed by atoms with Gasteiger partial charge in [-0.1, -0.05) is 18.9 Å². The minimum atomic E-state index is 0.0270. The second-order valence-electron chi connectivity index (χ2n) is 5.07. The monoisotopic (exact) mass is 247 g/mol. The zero-order valence-electron chi connectivity index (χ0n) is 10.9. The predicted molar refractivity (Wildman–Crippen MR) is 71.1 cm³/mol. The highest BCUT2D eigenvalue weighted by atomic mass is 16.1. The van der Waals surface area contributed by atoms with Crippen LogP contribution in [-0.4, -0.2) is 23.0 Å². The number of carbonyl (C=O) groups excluding carboxylic acids is 1. The first kappa shape index (κ1) is 13.0. The normalized spacial score (nSPS) is 23.7. The highest BCUT2D eigenvalue weighted by molar-refractivity contribution is 5.78. The summed E-state index contributed by atoms with van der Waals surface area (Å²) in [6, 6.07) is 4.10. The van der Waals surface area contributed by atoms with E-state index in [9.17, 15) is 4.79 Å². The summed E-state index contributed by atoms with van der Waals surface area (Å²) in [6.45, 7) is 1.97. The molecule has 4 heteroatoms. The maximum Gasteiger partial charge on any atom is 0.226 e. The number of aromatic nitrogens is 1. The zero-order valence-corrected chi connectivity index (χ0v) is 10.9. The van der Waals surface area contributed by atoms with Gasteiger partial charge in [-0.3, -0.25) is 9.78 Å². The van der Waals surface area contributed by atoms with Crippen molar-refractivity contribution in [1.29, 1.82) is 0 Å². The number of nitrogens with two attached hydrogens (primary N) is 1. The quantitative estimate of drug-likeness (QED) is 0.846. The van der Waals surface area contributed by atoms with Gasteiger partial charge in [-0.15, -0.1) is 0 Å². The van der Waals surface area contributed by atoms with Crippen molar-refractivity contribution >= 4 is 5.91 Å². The predicted octanol–water partition coefficient (Wildman–Crippen LogP) is 1.32. The van der Waals surface area contributed by atoms with E-state index in [4.69, 9.17) is 5.73 Å². The number of hydrogen-bond donors (Lipinski definition) is 2. The van der Waals surface area contributed by atoms with Crippen molar-refractivity contribution in [3.05, 3.63) is 29.6 Å². The molecule has 1 aliphatic rings. The molecule has 18 heavy (non-hydrogen) atoms. The van der Waals surface area contributed by atoms with Crippen LogP contribution < -0.4 is 11.1 Å². The summed E-state index contributed by atoms with van der Waals surface area (Å²) in [6.07, 6.45) is 6.40. The van der Waals surface area contributed by atoms with E-state index in [1.54, 1.807) is 6.20 Å². The van der Waals surface area contributed by atoms with Crippen LogP contribution in [0.3, 0.4) is 0 Å². The minimum absolute atomic E-state index is 0.0270. The third-order valence-electron chi connectivity index (χ3n) is 3.61. The molecule has 0 aromatic carbocycles. The first-order valence-electron chi connectivity index (χ1n) is 6.62. The van der Waals surface area contributed by atoms with E-state index in [1.165, 1.54) is 6.42 Å². The fourth-order valence-corrected chi connectivity index (χ4v) is 2.45. The summed E-state index contributed by atoms with van der Waals surface area (Å²) in [5.41, 5.74) is 7.92. The summed E-state index contributed by atoms with van der Waals surface area (Å²) in [7, 11) is 0. The third kappa shape index (κ3) is 3.29. The molecule has 1 saturated carbocycles. The molecule has 0 aliphatic heterocycles. The number of nitrogens with zero attached hydrogens (tertiary/aromatic N) is 1. The first-order chi connectivity index (χ1) is 8.66. The number of pyridine rings is 1. The Balaban J connectivity index is 1.90. The van der Waals surface area contributed by atoms with Gasteiger partial charge in [0.15, 0.2) is 0 Å². The van der Waals surface area contributed by atoms with Crippen LogP contribution in [0.5, 0.6) is 0 Å². The van der Waals surface area contributed by atoms with Crippen molar-refractivity contribution in [3.63, 3.8) is 0 Å². The number of carbonyl (C=O) groups is 1. The van der Waals surface area contributed by atoms with E-state index in [2.05, 4.69) is 10.3 Å². The molecular weight excluding hydrogens is 226 g/mol. The fourth-order valence-electron chi connectivity index (χ4n) is 2.45. The Morgan fingerprint density at radius 3 is 3.00 bits per heavy atom. The molecule has 4 nitrogen and oxygen atoms in total. The van der Waals surface area contributed by atoms with Crippen LogP contribution >= 0.6 is 0 Å². The van der Waals surface area contributed by atoms with Gasteiger partial charge in [0.25, 0.3) is 0 Å². The second kappa shape index (κ2) is 5.96. The zero-order chi connectivity index (χ0) is 13.0. The van der Waals surface area contributed by atoms with Crippen LogP contribution in [0.2, 0.25) is 0 Å². The lowest BCUT2D eigenvalue weighted by Crippen LogP contribution is -2.49. The molecule has 3 N–H and O–H groups in total. The van der Waals surface area contributed by atoms with Crippen molar-refractivity contribution in [2.24, 2.45) is 5.73 Å². The lowest BCUT2D eigenvalue weighted by Gasteiger charge is -2.29. The van der Waals surface area contributed by atoms with Crippen molar-refractivity contribution < 1.29 is 4.79 Å². The van der Waals surface area contributed by atoms with Crippen molar-refractivity contribution in [2.45, 2.75) is 51.1 Å². The highest BCUT2D eigenvalue weighted by Gasteiger charge is 2.23. The maximum absolute atomic E-state index is 12.0. The highest BCUT2D eigenvalue weighted by Crippen LogP contribution is 2.17. The molecule has 98 valence electrons. The van der Waals surface area contributed by atoms with Gasteiger partial charge in [-0.25, -0.2) is 0 Å². The summed E-state index contributed by atoms with van der Waals surface area (Å²) in [4.78, 5) is 16.2. The Kier molecular flexibility index (Phi) is 4.31. The van der Waals surface area contributed by atoms with Crippen LogP contribution in [0.1, 0.15) is 36.9 Å². The van der Waals surface area contributed by atoms with Gasteiger partial charge in [0.1, 0.15) is 0 Å². The van der Waals surface area contributed by atoms with Crippen LogP contribution in [0.15, 0.2) is 18.3 Å². The molecule has 1 aliphatic carbocycles. The van der Waals surface area contributed by atoms with E-state index < -0.39 is 0 Å². The van der Waals surface area contributed by atoms with E-state index in [1.807, 2.05) is 19.1 Å². The minimum Gasteiger partial charge on any atom is -0.351 e. The summed E-state index contributed by atoms with van der Waals surface area (Å²) in [5, 5.41) is 3.04. The van der Waals surface area contributed by atoms with E-state index in [-0.39, 0.29) is 18.0 Å². The Morgan fingerprint density at radius 2 is 2.28 bits per heavy atom. The molecule has 0 saturated heterocycles. The van der Waals surface area contributed by atoms with Crippen LogP contribution in [0, 0.1) is 6.92 Å². The Labute approximate surface area is 108 Å². The van der Waals surface area contributed by atoms with Crippen molar-refractivity contribution in [2.75, 3.05) is 0 Å². The molecule has 1 aromatic rings. The molecule has 1 fully saturated rings. The van der Waals surface area contributed by atoms with E-state index in [0.29, 0.717) is 6.42 Å². The van der Waals surface area contributed by atoms with Gasteiger partial charge in [0.2, 0.25) is 5.91 Å². The standard InChI is InChI=1S/C14H21N3O/c1-10-5-4-8-16-13(10)9-14(18)17-12-7-3-2-6-11(12)15/h4-5,8,11-12H,2-3,6-7,9,15H2,1H3,(H,17,18)/t11-,12-/m1/s1. The van der Waals surface area contributed by atoms with Crippen molar-refractivity contribution in [1.82, 2.24) is 10.3 Å². The molecule has 0 spiro atoms. The lowest BCUT2D eigenvalue weighted by atomic mass is 9.91. The van der Waals surface area contributed by atoms with Gasteiger partial charge in [0, 0.05) is 18.3 Å². The molecular formula is C14H21N3O. The SMILES string of the molecule is Cc1cccnc1CC(=O)N[C@@H]1CCCC[C@H]1N. The lowest BCUT2D eigenvalue weighted by molar-refractivity contribution is -0.121.